The van der Waals surface area contributed by atoms with Crippen molar-refractivity contribution >= 4 is 6.72 Å². The monoisotopic (exact) mass is 105 g/mol. The minimum atomic E-state index is 0. The van der Waals surface area contributed by atoms with Crippen LogP contribution in [0.3, 0.4) is 0 Å². The molecular weight excluding hydrogens is 101 g/mol. The van der Waals surface area contributed by atoms with Gasteiger partial charge in [0.2, 0.25) is 0 Å². The first-order valence-corrected chi connectivity index (χ1v) is 0.893. The van der Waals surface area contributed by atoms with Crippen LogP contribution in [0, 0.1) is 6.20 Å². The molecule has 1 radical (unpaired) electrons. The van der Waals surface area contributed by atoms with Crippen LogP contribution in [0.4, 0.5) is 0 Å². The van der Waals surface area contributed by atoms with E-state index in [1.165, 1.54) is 0 Å². The quantitative estimate of drug-likeness (QED) is 0.342. The van der Waals surface area contributed by atoms with Gasteiger partial charge in [0.15, 0.2) is 0 Å². The minimum Gasteiger partial charge on any atom is -0.467 e. The van der Waals surface area contributed by atoms with E-state index in [-0.39, 0.29) is 18.6 Å². The Morgan fingerprint density at radius 1 is 1.60 bits per heavy atom. The number of nitrogens with zero attached hydrogens (tertiary/aromatic N) is 1. The number of rotatable bonds is 1. The second kappa shape index (κ2) is 9.00. The average molecular weight is 105 g/mol. The molecule has 0 aliphatic heterocycles. The number of aliphatic imine (C=N–C) groups is 1. The normalized spacial score (nSPS) is 4.00. The van der Waals surface area contributed by atoms with Crippen molar-refractivity contribution in [3.05, 3.63) is 12.8 Å². The molecule has 0 aromatic rings. The van der Waals surface area contributed by atoms with Crippen molar-refractivity contribution in [1.82, 2.24) is 0 Å². The molecule has 0 atom stereocenters. The smallest absolute Gasteiger partial charge is 0.467 e. The van der Waals surface area contributed by atoms with Crippen molar-refractivity contribution in [1.29, 1.82) is 0 Å². The first kappa shape index (κ1) is 8.89. The molecule has 0 rings (SSSR count). The third-order valence-electron chi connectivity index (χ3n) is 0.112. The van der Waals surface area contributed by atoms with Gasteiger partial charge in [-0.2, -0.15) is 19.5 Å². The second-order valence-electron chi connectivity index (χ2n) is 0.316. The topological polar surface area (TPSA) is 12.4 Å². The first-order chi connectivity index (χ1) is 1.91. The molecule has 0 spiro atoms. The van der Waals surface area contributed by atoms with E-state index in [1.54, 1.807) is 0 Å². The Bertz CT molecular complexity index is 27.9. The molecular formula is C3H4NV+. The third kappa shape index (κ3) is 16.1. The van der Waals surface area contributed by atoms with Gasteiger partial charge in [0, 0.05) is 0 Å². The van der Waals surface area contributed by atoms with Gasteiger partial charge in [-0.15, -0.1) is 0 Å². The van der Waals surface area contributed by atoms with Crippen molar-refractivity contribution in [2.24, 2.45) is 4.99 Å². The van der Waals surface area contributed by atoms with Gasteiger partial charge in [0.25, 0.3) is 0 Å². The summed E-state index contributed by atoms with van der Waals surface area (Å²) in [6.45, 7) is 6.18. The second-order valence-corrected chi connectivity index (χ2v) is 0.316. The molecule has 5 heavy (non-hydrogen) atoms. The fraction of sp³-hybridized carbons (Fsp3) is 0. The Morgan fingerprint density at radius 3 is 1.80 bits per heavy atom. The van der Waals surface area contributed by atoms with Gasteiger partial charge in [-0.3, -0.25) is 0 Å². The molecule has 0 heterocycles. The van der Waals surface area contributed by atoms with Crippen LogP contribution in [-0.4, -0.2) is 6.72 Å². The van der Waals surface area contributed by atoms with Crippen LogP contribution < -0.4 is 0 Å². The van der Waals surface area contributed by atoms with Crippen LogP contribution in [0.15, 0.2) is 11.6 Å². The number of hydrogen-bond donors (Lipinski definition) is 0. The molecule has 1 nitrogen and oxygen atoms in total. The van der Waals surface area contributed by atoms with E-state index in [4.69, 9.17) is 0 Å². The summed E-state index contributed by atoms with van der Waals surface area (Å²) in [4.78, 5) is 3.12. The van der Waals surface area contributed by atoms with Gasteiger partial charge in [-0.25, -0.2) is 0 Å². The zero-order valence-corrected chi connectivity index (χ0v) is 4.21. The summed E-state index contributed by atoms with van der Waals surface area (Å²) in [5.74, 6) is 0. The maximum atomic E-state index is 3.12. The summed E-state index contributed by atoms with van der Waals surface area (Å²) in [6.07, 6.45) is 2.19. The van der Waals surface area contributed by atoms with Crippen molar-refractivity contribution in [2.75, 3.05) is 0 Å². The zero-order chi connectivity index (χ0) is 3.41. The van der Waals surface area contributed by atoms with Gasteiger partial charge in [0.05, 0.1) is 0 Å². The molecule has 2 heteroatoms. The predicted molar refractivity (Wildman–Crippen MR) is 18.4 cm³/mol. The summed E-state index contributed by atoms with van der Waals surface area (Å²) in [6, 6.07) is 0. The largest absolute Gasteiger partial charge is 2.00 e. The predicted octanol–water partition coefficient (Wildman–Crippen LogP) is 0.631. The van der Waals surface area contributed by atoms with Crippen LogP contribution in [0.2, 0.25) is 0 Å². The van der Waals surface area contributed by atoms with E-state index in [0.717, 1.165) is 0 Å². The molecule has 0 aliphatic rings. The van der Waals surface area contributed by atoms with Gasteiger partial charge < -0.3 is 4.99 Å². The van der Waals surface area contributed by atoms with Crippen LogP contribution in [0.5, 0.6) is 0 Å². The van der Waals surface area contributed by atoms with E-state index >= 15 is 0 Å². The van der Waals surface area contributed by atoms with Gasteiger partial charge >= 0.3 is 18.6 Å². The van der Waals surface area contributed by atoms with E-state index in [1.807, 2.05) is 0 Å². The molecule has 0 fully saturated rings. The summed E-state index contributed by atoms with van der Waals surface area (Å²) in [5.41, 5.74) is 0. The zero-order valence-electron chi connectivity index (χ0n) is 2.81. The van der Waals surface area contributed by atoms with Crippen LogP contribution >= 0.6 is 0 Å². The average Bonchev–Trinajstić information content (AvgIpc) is 1.37. The summed E-state index contributed by atoms with van der Waals surface area (Å²) in [7, 11) is 0. The van der Waals surface area contributed by atoms with Crippen LogP contribution in [0.25, 0.3) is 0 Å². The van der Waals surface area contributed by atoms with E-state index in [0.29, 0.717) is 0 Å². The van der Waals surface area contributed by atoms with Gasteiger partial charge in [0.1, 0.15) is 0 Å². The molecule has 0 aliphatic carbocycles. The molecule has 0 amide bonds. The van der Waals surface area contributed by atoms with Gasteiger partial charge in [-0.1, -0.05) is 0 Å². The van der Waals surface area contributed by atoms with E-state index in [9.17, 15) is 0 Å². The molecule has 0 unspecified atom stereocenters. The Labute approximate surface area is 43.7 Å². The molecule has 0 N–H and O–H groups in total. The van der Waals surface area contributed by atoms with E-state index < -0.39 is 0 Å². The molecule has 25 valence electrons. The summed E-state index contributed by atoms with van der Waals surface area (Å²) < 4.78 is 0. The van der Waals surface area contributed by atoms with Gasteiger partial charge in [-0.05, 0) is 0 Å². The molecule has 0 aromatic carbocycles. The molecule has 0 bridgehead atoms. The van der Waals surface area contributed by atoms with Crippen molar-refractivity contribution in [2.45, 2.75) is 0 Å². The fourth-order valence-corrected chi connectivity index (χ4v) is 0. The summed E-state index contributed by atoms with van der Waals surface area (Å²) in [5, 5.41) is 0. The van der Waals surface area contributed by atoms with Crippen molar-refractivity contribution < 1.29 is 18.6 Å². The van der Waals surface area contributed by atoms with Crippen LogP contribution in [-0.2, 0) is 18.6 Å². The molecule has 0 saturated carbocycles. The SMILES string of the molecule is C=[C-]N=C.[V+2]. The van der Waals surface area contributed by atoms with E-state index in [2.05, 4.69) is 24.5 Å². The minimum absolute atomic E-state index is 0. The maximum Gasteiger partial charge on any atom is 2.00 e. The van der Waals surface area contributed by atoms with Crippen molar-refractivity contribution in [3.63, 3.8) is 0 Å². The standard InChI is InChI=1S/C3H4N.V/c1-3-4-2;/h1-2H2;/q-1;+2. The van der Waals surface area contributed by atoms with Crippen molar-refractivity contribution in [3.8, 4) is 0 Å². The Kier molecular flexibility index (Phi) is 16.0. The fourth-order valence-electron chi connectivity index (χ4n) is 0. The molecule has 0 aromatic heterocycles. The Balaban J connectivity index is 0. The van der Waals surface area contributed by atoms with Crippen LogP contribution in [0.1, 0.15) is 0 Å². The Hall–Kier alpha value is -0.00558. The summed E-state index contributed by atoms with van der Waals surface area (Å²) >= 11 is 0. The number of hydrogen-bond acceptors (Lipinski definition) is 1. The maximum absolute atomic E-state index is 3.12. The Morgan fingerprint density at radius 2 is 1.80 bits per heavy atom. The molecule has 0 saturated heterocycles. The third-order valence-corrected chi connectivity index (χ3v) is 0.112. The first-order valence-electron chi connectivity index (χ1n) is 0.893.